The average molecular weight is 234 g/mol. The van der Waals surface area contributed by atoms with Gasteiger partial charge in [-0.3, -0.25) is 10.1 Å². The van der Waals surface area contributed by atoms with Gasteiger partial charge in [0.2, 0.25) is 0 Å². The zero-order valence-electron chi connectivity index (χ0n) is 8.34. The lowest BCUT2D eigenvalue weighted by atomic mass is 10.0. The Balaban J connectivity index is 3.58. The van der Waals surface area contributed by atoms with E-state index in [2.05, 4.69) is 0 Å². The van der Waals surface area contributed by atoms with Gasteiger partial charge in [0.05, 0.1) is 4.92 Å². The molecule has 0 aliphatic rings. The highest BCUT2D eigenvalue weighted by atomic mass is 19.4. The molecule has 0 aromatic heterocycles. The topological polar surface area (TPSA) is 69.2 Å². The first-order valence-corrected chi connectivity index (χ1v) is 4.32. The van der Waals surface area contributed by atoms with Crippen LogP contribution >= 0.6 is 0 Å². The fraction of sp³-hybridized carbons (Fsp3) is 0.333. The van der Waals surface area contributed by atoms with Crippen molar-refractivity contribution in [3.8, 4) is 0 Å². The number of nitro benzene ring substituents is 1. The highest BCUT2D eigenvalue weighted by molar-refractivity contribution is 5.50. The Bertz CT molecular complexity index is 429. The van der Waals surface area contributed by atoms with Crippen molar-refractivity contribution in [2.75, 3.05) is 0 Å². The maximum atomic E-state index is 12.6. The van der Waals surface area contributed by atoms with E-state index in [0.29, 0.717) is 5.56 Å². The highest BCUT2D eigenvalue weighted by Crippen LogP contribution is 2.39. The van der Waals surface area contributed by atoms with Crippen molar-refractivity contribution in [1.82, 2.24) is 0 Å². The molecule has 7 heteroatoms. The molecule has 1 aromatic carbocycles. The quantitative estimate of drug-likeness (QED) is 0.630. The Kier molecular flexibility index (Phi) is 3.18. The molecular weight excluding hydrogens is 225 g/mol. The first-order chi connectivity index (χ1) is 7.27. The molecule has 88 valence electrons. The summed E-state index contributed by atoms with van der Waals surface area (Å²) >= 11 is 0. The molecule has 0 amide bonds. The predicted molar refractivity (Wildman–Crippen MR) is 50.7 cm³/mol. The Hall–Kier alpha value is -1.63. The van der Waals surface area contributed by atoms with Crippen molar-refractivity contribution in [3.05, 3.63) is 38.9 Å². The normalized spacial score (nSPS) is 11.6. The zero-order chi connectivity index (χ0) is 12.5. The largest absolute Gasteiger partial charge is 0.423 e. The number of hydrogen-bond acceptors (Lipinski definition) is 3. The summed E-state index contributed by atoms with van der Waals surface area (Å²) in [5.74, 6) is 0. The molecule has 0 radical (unpaired) electrons. The molecule has 0 unspecified atom stereocenters. The minimum absolute atomic E-state index is 0.265. The molecule has 0 fully saturated rings. The second-order valence-electron chi connectivity index (χ2n) is 3.28. The molecule has 0 heterocycles. The zero-order valence-corrected chi connectivity index (χ0v) is 8.34. The summed E-state index contributed by atoms with van der Waals surface area (Å²) in [6.07, 6.45) is -4.77. The minimum Gasteiger partial charge on any atom is -0.326 e. The second kappa shape index (κ2) is 4.09. The van der Waals surface area contributed by atoms with Gasteiger partial charge < -0.3 is 5.73 Å². The van der Waals surface area contributed by atoms with E-state index in [1.807, 2.05) is 0 Å². The van der Waals surface area contributed by atoms with Crippen LogP contribution < -0.4 is 5.73 Å². The van der Waals surface area contributed by atoms with E-state index in [-0.39, 0.29) is 5.56 Å². The fourth-order valence-corrected chi connectivity index (χ4v) is 1.47. The van der Waals surface area contributed by atoms with E-state index in [0.717, 1.165) is 6.07 Å². The van der Waals surface area contributed by atoms with Gasteiger partial charge in [-0.25, -0.2) is 0 Å². The van der Waals surface area contributed by atoms with Crippen LogP contribution in [0, 0.1) is 17.0 Å². The SMILES string of the molecule is Cc1cc(CN)c(C(F)(F)F)c([N+](=O)[O-])c1. The van der Waals surface area contributed by atoms with Crippen LogP contribution in [0.2, 0.25) is 0 Å². The summed E-state index contributed by atoms with van der Waals surface area (Å²) in [7, 11) is 0. The van der Waals surface area contributed by atoms with Gasteiger partial charge in [-0.05, 0) is 18.1 Å². The van der Waals surface area contributed by atoms with Gasteiger partial charge >= 0.3 is 6.18 Å². The number of hydrogen-bond donors (Lipinski definition) is 1. The summed E-state index contributed by atoms with van der Waals surface area (Å²) in [6, 6.07) is 2.10. The molecular formula is C9H9F3N2O2. The van der Waals surface area contributed by atoms with Crippen LogP contribution in [0.1, 0.15) is 16.7 Å². The number of aryl methyl sites for hydroxylation is 1. The van der Waals surface area contributed by atoms with E-state index >= 15 is 0 Å². The van der Waals surface area contributed by atoms with Crippen molar-refractivity contribution < 1.29 is 18.1 Å². The third-order valence-corrected chi connectivity index (χ3v) is 2.04. The van der Waals surface area contributed by atoms with E-state index in [1.54, 1.807) is 0 Å². The fourth-order valence-electron chi connectivity index (χ4n) is 1.47. The third kappa shape index (κ3) is 2.30. The Morgan fingerprint density at radius 2 is 2.00 bits per heavy atom. The number of benzene rings is 1. The Morgan fingerprint density at radius 1 is 1.44 bits per heavy atom. The third-order valence-electron chi connectivity index (χ3n) is 2.04. The first kappa shape index (κ1) is 12.4. The van der Waals surface area contributed by atoms with Crippen molar-refractivity contribution in [3.63, 3.8) is 0 Å². The van der Waals surface area contributed by atoms with Crippen molar-refractivity contribution in [2.45, 2.75) is 19.6 Å². The molecule has 0 aliphatic carbocycles. The maximum Gasteiger partial charge on any atom is 0.423 e. The van der Waals surface area contributed by atoms with Crippen LogP contribution in [-0.4, -0.2) is 4.92 Å². The van der Waals surface area contributed by atoms with Gasteiger partial charge in [0.1, 0.15) is 5.56 Å². The van der Waals surface area contributed by atoms with Crippen LogP contribution in [0.25, 0.3) is 0 Å². The number of nitro groups is 1. The van der Waals surface area contributed by atoms with Crippen LogP contribution in [0.15, 0.2) is 12.1 Å². The number of nitrogens with two attached hydrogens (primary N) is 1. The van der Waals surface area contributed by atoms with Gasteiger partial charge in [0.25, 0.3) is 5.69 Å². The van der Waals surface area contributed by atoms with Crippen LogP contribution in [0.5, 0.6) is 0 Å². The molecule has 0 aliphatic heterocycles. The molecule has 4 nitrogen and oxygen atoms in total. The van der Waals surface area contributed by atoms with Crippen molar-refractivity contribution in [1.29, 1.82) is 0 Å². The number of halogens is 3. The van der Waals surface area contributed by atoms with Crippen molar-refractivity contribution >= 4 is 5.69 Å². The minimum atomic E-state index is -4.77. The first-order valence-electron chi connectivity index (χ1n) is 4.32. The van der Waals surface area contributed by atoms with E-state index < -0.39 is 28.9 Å². The molecule has 2 N–H and O–H groups in total. The lowest BCUT2D eigenvalue weighted by Gasteiger charge is -2.12. The van der Waals surface area contributed by atoms with Crippen LogP contribution in [0.4, 0.5) is 18.9 Å². The number of nitrogens with zero attached hydrogens (tertiary/aromatic N) is 1. The maximum absolute atomic E-state index is 12.6. The van der Waals surface area contributed by atoms with E-state index in [4.69, 9.17) is 5.73 Å². The van der Waals surface area contributed by atoms with E-state index in [1.165, 1.54) is 13.0 Å². The van der Waals surface area contributed by atoms with Crippen LogP contribution in [0.3, 0.4) is 0 Å². The number of rotatable bonds is 2. The van der Waals surface area contributed by atoms with Crippen LogP contribution in [-0.2, 0) is 12.7 Å². The second-order valence-corrected chi connectivity index (χ2v) is 3.28. The molecule has 1 rings (SSSR count). The summed E-state index contributed by atoms with van der Waals surface area (Å²) in [5.41, 5.74) is 3.06. The molecule has 0 saturated heterocycles. The van der Waals surface area contributed by atoms with Gasteiger partial charge in [0.15, 0.2) is 0 Å². The molecule has 16 heavy (non-hydrogen) atoms. The van der Waals surface area contributed by atoms with Crippen molar-refractivity contribution in [2.24, 2.45) is 5.73 Å². The van der Waals surface area contributed by atoms with Gasteiger partial charge in [0, 0.05) is 12.6 Å². The lowest BCUT2D eigenvalue weighted by Crippen LogP contribution is -2.15. The summed E-state index contributed by atoms with van der Waals surface area (Å²) in [5, 5.41) is 10.6. The molecule has 0 bridgehead atoms. The lowest BCUT2D eigenvalue weighted by molar-refractivity contribution is -0.388. The van der Waals surface area contributed by atoms with Gasteiger partial charge in [-0.2, -0.15) is 13.2 Å². The monoisotopic (exact) mass is 234 g/mol. The Labute approximate surface area is 89.0 Å². The molecule has 1 aromatic rings. The standard InChI is InChI=1S/C9H9F3N2O2/c1-5-2-6(4-13)8(9(10,11)12)7(3-5)14(15)16/h2-3H,4,13H2,1H3. The predicted octanol–water partition coefficient (Wildman–Crippen LogP) is 2.38. The summed E-state index contributed by atoms with van der Waals surface area (Å²) in [4.78, 5) is 9.51. The van der Waals surface area contributed by atoms with Gasteiger partial charge in [-0.1, -0.05) is 6.07 Å². The highest BCUT2D eigenvalue weighted by Gasteiger charge is 2.40. The summed E-state index contributed by atoms with van der Waals surface area (Å²) in [6.45, 7) is 1.09. The Morgan fingerprint density at radius 3 is 2.38 bits per heavy atom. The molecule has 0 atom stereocenters. The number of alkyl halides is 3. The van der Waals surface area contributed by atoms with E-state index in [9.17, 15) is 23.3 Å². The average Bonchev–Trinajstić information content (AvgIpc) is 2.14. The van der Waals surface area contributed by atoms with Gasteiger partial charge in [-0.15, -0.1) is 0 Å². The summed E-state index contributed by atoms with van der Waals surface area (Å²) < 4.78 is 37.9. The smallest absolute Gasteiger partial charge is 0.326 e. The molecule has 0 spiro atoms. The molecule has 0 saturated carbocycles.